The number of rotatable bonds is 3. The van der Waals surface area contributed by atoms with E-state index in [0.29, 0.717) is 45.6 Å². The second-order valence-corrected chi connectivity index (χ2v) is 7.65. The molecular formula is C25H15ClFN5. The van der Waals surface area contributed by atoms with Crippen LogP contribution in [0.15, 0.2) is 77.9 Å². The van der Waals surface area contributed by atoms with E-state index in [4.69, 9.17) is 26.8 Å². The quantitative estimate of drug-likeness (QED) is 0.431. The van der Waals surface area contributed by atoms with Crippen LogP contribution in [-0.4, -0.2) is 15.7 Å². The Balaban J connectivity index is 1.60. The number of nitrogens with one attached hydrogen (secondary N) is 1. The van der Waals surface area contributed by atoms with Crippen LogP contribution in [0.3, 0.4) is 0 Å². The molecule has 3 aromatic carbocycles. The predicted molar refractivity (Wildman–Crippen MR) is 123 cm³/mol. The lowest BCUT2D eigenvalue weighted by atomic mass is 9.95. The predicted octanol–water partition coefficient (Wildman–Crippen LogP) is 5.90. The van der Waals surface area contributed by atoms with Crippen molar-refractivity contribution in [3.8, 4) is 17.3 Å². The number of benzene rings is 3. The molecule has 0 radical (unpaired) electrons. The van der Waals surface area contributed by atoms with E-state index in [1.165, 1.54) is 6.07 Å². The first-order chi connectivity index (χ1) is 15.6. The fourth-order valence-electron chi connectivity index (χ4n) is 3.62. The molecule has 0 unspecified atom stereocenters. The minimum atomic E-state index is -0.350. The summed E-state index contributed by atoms with van der Waals surface area (Å²) in [6, 6.07) is 21.1. The van der Waals surface area contributed by atoms with Crippen molar-refractivity contribution in [2.24, 2.45) is 4.99 Å². The maximum atomic E-state index is 14.6. The van der Waals surface area contributed by atoms with Crippen molar-refractivity contribution in [3.05, 3.63) is 106 Å². The molecule has 0 bridgehead atoms. The number of anilines is 2. The molecule has 0 saturated carbocycles. The number of nitrogens with zero attached hydrogens (tertiary/aromatic N) is 4. The highest BCUT2D eigenvalue weighted by molar-refractivity contribution is 6.31. The number of hydrogen-bond donors (Lipinski definition) is 1. The molecule has 1 aliphatic heterocycles. The number of fused-ring (bicyclic) bond motifs is 3. The van der Waals surface area contributed by atoms with Crippen LogP contribution in [0.25, 0.3) is 11.3 Å². The van der Waals surface area contributed by atoms with E-state index in [2.05, 4.69) is 16.4 Å². The molecule has 0 fully saturated rings. The van der Waals surface area contributed by atoms with Crippen molar-refractivity contribution in [2.75, 3.05) is 5.32 Å². The summed E-state index contributed by atoms with van der Waals surface area (Å²) in [7, 11) is 0. The number of aliphatic imine (C=N–C) groups is 1. The van der Waals surface area contributed by atoms with Crippen LogP contribution < -0.4 is 5.32 Å². The van der Waals surface area contributed by atoms with Gasteiger partial charge in [-0.25, -0.2) is 14.4 Å². The van der Waals surface area contributed by atoms with E-state index in [0.717, 1.165) is 16.8 Å². The van der Waals surface area contributed by atoms with Gasteiger partial charge in [0.15, 0.2) is 0 Å². The average Bonchev–Trinajstić information content (AvgIpc) is 2.96. The molecule has 0 aliphatic carbocycles. The molecule has 0 saturated heterocycles. The molecule has 5 rings (SSSR count). The van der Waals surface area contributed by atoms with E-state index in [-0.39, 0.29) is 5.82 Å². The van der Waals surface area contributed by atoms with E-state index in [1.54, 1.807) is 60.8 Å². The van der Waals surface area contributed by atoms with Gasteiger partial charge in [-0.15, -0.1) is 0 Å². The lowest BCUT2D eigenvalue weighted by Crippen LogP contribution is -2.07. The van der Waals surface area contributed by atoms with Crippen LogP contribution in [-0.2, 0) is 6.54 Å². The molecule has 32 heavy (non-hydrogen) atoms. The Bertz CT molecular complexity index is 1410. The number of hydrogen-bond acceptors (Lipinski definition) is 5. The third-order valence-corrected chi connectivity index (χ3v) is 5.40. The van der Waals surface area contributed by atoms with Gasteiger partial charge in [-0.2, -0.15) is 5.26 Å². The zero-order chi connectivity index (χ0) is 22.1. The summed E-state index contributed by atoms with van der Waals surface area (Å²) in [4.78, 5) is 13.9. The highest BCUT2D eigenvalue weighted by Crippen LogP contribution is 2.34. The fourth-order valence-corrected chi connectivity index (χ4v) is 3.80. The second-order valence-electron chi connectivity index (χ2n) is 7.22. The number of nitriles is 1. The molecule has 1 aliphatic rings. The summed E-state index contributed by atoms with van der Waals surface area (Å²) in [6.45, 7) is 0.308. The summed E-state index contributed by atoms with van der Waals surface area (Å²) in [5.41, 5.74) is 5.31. The average molecular weight is 440 g/mol. The third-order valence-electron chi connectivity index (χ3n) is 5.16. The zero-order valence-electron chi connectivity index (χ0n) is 16.7. The molecule has 0 amide bonds. The van der Waals surface area contributed by atoms with Gasteiger partial charge in [0.25, 0.3) is 0 Å². The number of halogens is 2. The molecule has 1 aromatic heterocycles. The third kappa shape index (κ3) is 3.70. The van der Waals surface area contributed by atoms with Crippen LogP contribution >= 0.6 is 11.6 Å². The largest absolute Gasteiger partial charge is 0.324 e. The first kappa shape index (κ1) is 19.9. The Morgan fingerprint density at radius 3 is 2.56 bits per heavy atom. The molecule has 1 N–H and O–H groups in total. The van der Waals surface area contributed by atoms with Crippen LogP contribution in [0.4, 0.5) is 16.0 Å². The Morgan fingerprint density at radius 2 is 1.78 bits per heavy atom. The Hall–Kier alpha value is -4.08. The van der Waals surface area contributed by atoms with E-state index >= 15 is 0 Å². The molecule has 0 atom stereocenters. The first-order valence-electron chi connectivity index (χ1n) is 9.85. The summed E-state index contributed by atoms with van der Waals surface area (Å²) in [6.07, 6.45) is 1.72. The van der Waals surface area contributed by atoms with Gasteiger partial charge < -0.3 is 5.32 Å². The van der Waals surface area contributed by atoms with E-state index < -0.39 is 0 Å². The lowest BCUT2D eigenvalue weighted by Gasteiger charge is -2.13. The second kappa shape index (κ2) is 8.22. The van der Waals surface area contributed by atoms with Crippen LogP contribution in [0.1, 0.15) is 22.3 Å². The van der Waals surface area contributed by atoms with E-state index in [1.807, 2.05) is 6.07 Å². The summed E-state index contributed by atoms with van der Waals surface area (Å²) < 4.78 is 14.6. The minimum absolute atomic E-state index is 0.308. The molecule has 7 heteroatoms. The number of aromatic nitrogens is 2. The summed E-state index contributed by atoms with van der Waals surface area (Å²) >= 11 is 6.30. The van der Waals surface area contributed by atoms with Crippen molar-refractivity contribution in [2.45, 2.75) is 6.54 Å². The molecule has 5 nitrogen and oxygen atoms in total. The van der Waals surface area contributed by atoms with Crippen molar-refractivity contribution in [3.63, 3.8) is 0 Å². The SMILES string of the molecule is N#Cc1ccc(Nc2ncc3c(n2)-c2ccc(Cl)cc2C(c2ccccc2F)=NC3)cc1. The van der Waals surface area contributed by atoms with Crippen molar-refractivity contribution >= 4 is 28.9 Å². The van der Waals surface area contributed by atoms with Crippen molar-refractivity contribution in [1.29, 1.82) is 5.26 Å². The van der Waals surface area contributed by atoms with Crippen molar-refractivity contribution in [1.82, 2.24) is 9.97 Å². The molecule has 154 valence electrons. The normalized spacial score (nSPS) is 12.1. The van der Waals surface area contributed by atoms with Gasteiger partial charge in [0.05, 0.1) is 29.6 Å². The van der Waals surface area contributed by atoms with Gasteiger partial charge in [-0.1, -0.05) is 29.8 Å². The fraction of sp³-hybridized carbons (Fsp3) is 0.0400. The van der Waals surface area contributed by atoms with Gasteiger partial charge in [0, 0.05) is 39.2 Å². The Morgan fingerprint density at radius 1 is 0.969 bits per heavy atom. The lowest BCUT2D eigenvalue weighted by molar-refractivity contribution is 0.625. The maximum absolute atomic E-state index is 14.6. The smallest absolute Gasteiger partial charge is 0.227 e. The van der Waals surface area contributed by atoms with Gasteiger partial charge in [-0.3, -0.25) is 4.99 Å². The van der Waals surface area contributed by atoms with Crippen LogP contribution in [0.2, 0.25) is 5.02 Å². The maximum Gasteiger partial charge on any atom is 0.227 e. The Kier molecular flexibility index (Phi) is 5.10. The highest BCUT2D eigenvalue weighted by Gasteiger charge is 2.23. The topological polar surface area (TPSA) is 74.0 Å². The van der Waals surface area contributed by atoms with Crippen LogP contribution in [0.5, 0.6) is 0 Å². The molecule has 2 heterocycles. The monoisotopic (exact) mass is 439 g/mol. The summed E-state index contributed by atoms with van der Waals surface area (Å²) in [5.74, 6) is 0.0566. The van der Waals surface area contributed by atoms with Gasteiger partial charge in [-0.05, 0) is 48.5 Å². The highest BCUT2D eigenvalue weighted by atomic mass is 35.5. The first-order valence-corrected chi connectivity index (χ1v) is 10.2. The van der Waals surface area contributed by atoms with Gasteiger partial charge in [0.2, 0.25) is 5.95 Å². The zero-order valence-corrected chi connectivity index (χ0v) is 17.4. The summed E-state index contributed by atoms with van der Waals surface area (Å²) in [5, 5.41) is 12.7. The standard InChI is InChI=1S/C25H15ClFN5/c26-17-7-10-19-21(11-17)24(20-3-1-2-4-22(20)27)29-13-16-14-30-25(32-23(16)19)31-18-8-5-15(12-28)6-9-18/h1-11,14H,13H2,(H,30,31,32). The minimum Gasteiger partial charge on any atom is -0.324 e. The van der Waals surface area contributed by atoms with Gasteiger partial charge in [0.1, 0.15) is 5.82 Å². The molecular weight excluding hydrogens is 425 g/mol. The van der Waals surface area contributed by atoms with Crippen molar-refractivity contribution < 1.29 is 4.39 Å². The van der Waals surface area contributed by atoms with Crippen LogP contribution in [0, 0.1) is 17.1 Å². The molecule has 0 spiro atoms. The molecule has 4 aromatic rings. The van der Waals surface area contributed by atoms with E-state index in [9.17, 15) is 4.39 Å². The Labute approximate surface area is 188 Å². The van der Waals surface area contributed by atoms with Gasteiger partial charge >= 0.3 is 0 Å².